The lowest BCUT2D eigenvalue weighted by molar-refractivity contribution is 0.160. The molecule has 3 rings (SSSR count). The van der Waals surface area contributed by atoms with E-state index in [-0.39, 0.29) is 6.10 Å². The van der Waals surface area contributed by atoms with Gasteiger partial charge in [-0.15, -0.1) is 0 Å². The molecule has 2 aromatic carbocycles. The van der Waals surface area contributed by atoms with Gasteiger partial charge in [-0.05, 0) is 16.3 Å². The number of nitrogens with two attached hydrogens (primary N) is 1. The van der Waals surface area contributed by atoms with E-state index < -0.39 is 0 Å². The monoisotopic (exact) mass is 226 g/mol. The number of methoxy groups -OCH3 is 1. The minimum absolute atomic E-state index is 0.0131. The highest BCUT2D eigenvalue weighted by atomic mass is 16.5. The predicted octanol–water partition coefficient (Wildman–Crippen LogP) is 2.07. The van der Waals surface area contributed by atoms with Gasteiger partial charge in [0.25, 0.3) is 0 Å². The third kappa shape index (κ3) is 1.43. The second-order valence-corrected chi connectivity index (χ2v) is 4.26. The van der Waals surface area contributed by atoms with Gasteiger partial charge in [0, 0.05) is 19.1 Å². The highest BCUT2D eigenvalue weighted by Gasteiger charge is 2.29. The van der Waals surface area contributed by atoms with Crippen molar-refractivity contribution < 1.29 is 4.74 Å². The van der Waals surface area contributed by atoms with Crippen molar-refractivity contribution in [2.45, 2.75) is 12.5 Å². The van der Waals surface area contributed by atoms with Crippen LogP contribution < -0.4 is 5.84 Å². The second-order valence-electron chi connectivity index (χ2n) is 4.26. The Kier molecular flexibility index (Phi) is 2.34. The summed E-state index contributed by atoms with van der Waals surface area (Å²) in [4.78, 5) is 0. The number of nitrogens with zero attached hydrogens (tertiary/aromatic N) is 1. The van der Waals surface area contributed by atoms with Gasteiger partial charge in [-0.1, -0.05) is 36.4 Å². The molecule has 0 aliphatic heterocycles. The predicted molar refractivity (Wildman–Crippen MR) is 69.2 cm³/mol. The van der Waals surface area contributed by atoms with E-state index in [4.69, 9.17) is 10.6 Å². The first-order valence-electron chi connectivity index (χ1n) is 5.66. The summed E-state index contributed by atoms with van der Waals surface area (Å²) in [6.45, 7) is 0. The molecule has 0 heterocycles. The van der Waals surface area contributed by atoms with Crippen LogP contribution in [0.15, 0.2) is 41.5 Å². The van der Waals surface area contributed by atoms with Crippen LogP contribution in [0.2, 0.25) is 0 Å². The molecule has 3 nitrogen and oxygen atoms in total. The van der Waals surface area contributed by atoms with Crippen LogP contribution in [0.25, 0.3) is 10.8 Å². The van der Waals surface area contributed by atoms with Crippen LogP contribution in [-0.2, 0) is 11.2 Å². The topological polar surface area (TPSA) is 47.6 Å². The number of ether oxygens (including phenoxy) is 1. The molecule has 0 spiro atoms. The Morgan fingerprint density at radius 1 is 1.24 bits per heavy atom. The normalized spacial score (nSPS) is 21.0. The van der Waals surface area contributed by atoms with Crippen LogP contribution in [0.3, 0.4) is 0 Å². The second kappa shape index (κ2) is 3.86. The third-order valence-electron chi connectivity index (χ3n) is 3.41. The van der Waals surface area contributed by atoms with Gasteiger partial charge in [0.05, 0.1) is 5.71 Å². The lowest BCUT2D eigenvalue weighted by Crippen LogP contribution is -2.20. The standard InChI is InChI=1S/C14H14N2O/c1-17-12-8-10-7-6-9-4-2-3-5-11(9)13(10)14(12)16-15/h2-7,12H,8,15H2,1H3/b16-14+. The summed E-state index contributed by atoms with van der Waals surface area (Å²) in [6.07, 6.45) is 0.841. The van der Waals surface area contributed by atoms with Crippen LogP contribution in [0, 0.1) is 0 Å². The smallest absolute Gasteiger partial charge is 0.105 e. The zero-order chi connectivity index (χ0) is 11.8. The molecule has 0 saturated carbocycles. The van der Waals surface area contributed by atoms with Crippen molar-refractivity contribution in [1.29, 1.82) is 0 Å². The number of benzene rings is 2. The highest BCUT2D eigenvalue weighted by Crippen LogP contribution is 2.31. The van der Waals surface area contributed by atoms with E-state index in [9.17, 15) is 0 Å². The fourth-order valence-corrected chi connectivity index (χ4v) is 2.59. The summed E-state index contributed by atoms with van der Waals surface area (Å²) < 4.78 is 5.44. The Morgan fingerprint density at radius 3 is 2.82 bits per heavy atom. The van der Waals surface area contributed by atoms with Crippen LogP contribution in [-0.4, -0.2) is 18.9 Å². The first-order chi connectivity index (χ1) is 8.35. The Hall–Kier alpha value is -1.87. The van der Waals surface area contributed by atoms with Gasteiger partial charge in [0.1, 0.15) is 6.10 Å². The molecule has 3 heteroatoms. The molecule has 0 amide bonds. The van der Waals surface area contributed by atoms with Crippen LogP contribution in [0.5, 0.6) is 0 Å². The van der Waals surface area contributed by atoms with Crippen molar-refractivity contribution in [2.75, 3.05) is 7.11 Å². The van der Waals surface area contributed by atoms with E-state index >= 15 is 0 Å². The average molecular weight is 226 g/mol. The molecule has 1 atom stereocenters. The zero-order valence-corrected chi connectivity index (χ0v) is 9.68. The SMILES string of the molecule is COC1Cc2ccc3ccccc3c2/C1=N/N. The third-order valence-corrected chi connectivity index (χ3v) is 3.41. The molecule has 17 heavy (non-hydrogen) atoms. The van der Waals surface area contributed by atoms with E-state index in [1.54, 1.807) is 7.11 Å². The molecule has 1 aliphatic rings. The first-order valence-corrected chi connectivity index (χ1v) is 5.66. The van der Waals surface area contributed by atoms with Crippen LogP contribution in [0.1, 0.15) is 11.1 Å². The number of rotatable bonds is 1. The molecule has 0 radical (unpaired) electrons. The summed E-state index contributed by atoms with van der Waals surface area (Å²) in [5.74, 6) is 5.51. The molecule has 0 fully saturated rings. The van der Waals surface area contributed by atoms with E-state index in [0.29, 0.717) is 0 Å². The van der Waals surface area contributed by atoms with Crippen LogP contribution in [0.4, 0.5) is 0 Å². The molecular formula is C14H14N2O. The molecule has 0 bridgehead atoms. The van der Waals surface area contributed by atoms with Crippen molar-refractivity contribution in [1.82, 2.24) is 0 Å². The minimum Gasteiger partial charge on any atom is -0.375 e. The van der Waals surface area contributed by atoms with Crippen LogP contribution >= 0.6 is 0 Å². The maximum atomic E-state index is 5.51. The summed E-state index contributed by atoms with van der Waals surface area (Å²) in [7, 11) is 1.70. The van der Waals surface area contributed by atoms with Gasteiger partial charge in [-0.25, -0.2) is 0 Å². The maximum absolute atomic E-state index is 5.51. The highest BCUT2D eigenvalue weighted by molar-refractivity contribution is 6.16. The lowest BCUT2D eigenvalue weighted by Gasteiger charge is -2.08. The Morgan fingerprint density at radius 2 is 2.06 bits per heavy atom. The molecule has 0 aromatic heterocycles. The molecular weight excluding hydrogens is 212 g/mol. The number of hydrogen-bond donors (Lipinski definition) is 1. The molecule has 0 saturated heterocycles. The number of hydrogen-bond acceptors (Lipinski definition) is 3. The Bertz CT molecular complexity index is 604. The van der Waals surface area contributed by atoms with Gasteiger partial charge in [-0.2, -0.15) is 5.10 Å². The van der Waals surface area contributed by atoms with Gasteiger partial charge < -0.3 is 10.6 Å². The molecule has 1 unspecified atom stereocenters. The van der Waals surface area contributed by atoms with Gasteiger partial charge in [0.15, 0.2) is 0 Å². The fraction of sp³-hybridized carbons (Fsp3) is 0.214. The number of fused-ring (bicyclic) bond motifs is 3. The van der Waals surface area contributed by atoms with E-state index in [1.165, 1.54) is 16.3 Å². The number of hydrazone groups is 1. The van der Waals surface area contributed by atoms with Gasteiger partial charge in [0.2, 0.25) is 0 Å². The fourth-order valence-electron chi connectivity index (χ4n) is 2.59. The van der Waals surface area contributed by atoms with E-state index in [1.807, 2.05) is 12.1 Å². The average Bonchev–Trinajstić information content (AvgIpc) is 2.76. The van der Waals surface area contributed by atoms with Crippen molar-refractivity contribution in [2.24, 2.45) is 10.9 Å². The summed E-state index contributed by atoms with van der Waals surface area (Å²) in [5, 5.41) is 6.34. The van der Waals surface area contributed by atoms with E-state index in [0.717, 1.165) is 17.7 Å². The Balaban J connectivity index is 2.32. The zero-order valence-electron chi connectivity index (χ0n) is 9.68. The van der Waals surface area contributed by atoms with Gasteiger partial charge in [-0.3, -0.25) is 0 Å². The van der Waals surface area contributed by atoms with Crippen molar-refractivity contribution in [3.05, 3.63) is 47.5 Å². The minimum atomic E-state index is -0.0131. The van der Waals surface area contributed by atoms with Crippen molar-refractivity contribution in [3.63, 3.8) is 0 Å². The maximum Gasteiger partial charge on any atom is 0.105 e. The lowest BCUT2D eigenvalue weighted by atomic mass is 10.0. The quantitative estimate of drug-likeness (QED) is 0.597. The summed E-state index contributed by atoms with van der Waals surface area (Å²) in [6, 6.07) is 12.6. The van der Waals surface area contributed by atoms with Crippen molar-refractivity contribution >= 4 is 16.5 Å². The van der Waals surface area contributed by atoms with Crippen molar-refractivity contribution in [3.8, 4) is 0 Å². The largest absolute Gasteiger partial charge is 0.375 e. The summed E-state index contributed by atoms with van der Waals surface area (Å²) >= 11 is 0. The molecule has 86 valence electrons. The summed E-state index contributed by atoms with van der Waals surface area (Å²) in [5.41, 5.74) is 3.27. The molecule has 2 aromatic rings. The van der Waals surface area contributed by atoms with Gasteiger partial charge >= 0.3 is 0 Å². The molecule has 2 N–H and O–H groups in total. The first kappa shape index (κ1) is 10.3. The Labute approximate surface area is 99.9 Å². The molecule has 1 aliphatic carbocycles. The van der Waals surface area contributed by atoms with E-state index in [2.05, 4.69) is 29.4 Å².